The predicted octanol–water partition coefficient (Wildman–Crippen LogP) is 4.58. The maximum Gasteiger partial charge on any atom is 0.258 e. The maximum atomic E-state index is 12.9. The molecule has 2 heterocycles. The lowest BCUT2D eigenvalue weighted by Gasteiger charge is -2.11. The van der Waals surface area contributed by atoms with Gasteiger partial charge in [-0.15, -0.1) is 11.8 Å². The van der Waals surface area contributed by atoms with Crippen molar-refractivity contribution < 1.29 is 14.1 Å². The first-order valence-corrected chi connectivity index (χ1v) is 10.7. The van der Waals surface area contributed by atoms with Crippen molar-refractivity contribution in [3.63, 3.8) is 0 Å². The lowest BCUT2D eigenvalue weighted by molar-refractivity contribution is -0.117. The van der Waals surface area contributed by atoms with Gasteiger partial charge in [0.1, 0.15) is 10.8 Å². The third-order valence-corrected chi connectivity index (χ3v) is 5.92. The second kappa shape index (κ2) is 8.71. The molecule has 154 valence electrons. The third kappa shape index (κ3) is 4.71. The molecule has 1 saturated carbocycles. The molecule has 4 rings (SSSR count). The van der Waals surface area contributed by atoms with Crippen molar-refractivity contribution in [3.05, 3.63) is 65.2 Å². The molecule has 0 radical (unpaired) electrons. The Labute approximate surface area is 178 Å². The maximum absolute atomic E-state index is 12.9. The summed E-state index contributed by atoms with van der Waals surface area (Å²) in [6.45, 7) is 3.77. The van der Waals surface area contributed by atoms with Crippen LogP contribution in [0.15, 0.2) is 52.1 Å². The Bertz CT molecular complexity index is 1070. The summed E-state index contributed by atoms with van der Waals surface area (Å²) < 4.78 is 5.20. The highest BCUT2D eigenvalue weighted by molar-refractivity contribution is 7.98. The van der Waals surface area contributed by atoms with E-state index in [0.717, 1.165) is 29.9 Å². The van der Waals surface area contributed by atoms with Crippen LogP contribution in [-0.4, -0.2) is 22.0 Å². The van der Waals surface area contributed by atoms with Crippen LogP contribution in [0.5, 0.6) is 0 Å². The van der Waals surface area contributed by atoms with Gasteiger partial charge in [-0.05, 0) is 57.0 Å². The average molecular weight is 423 g/mol. The number of nitrogens with one attached hydrogen (secondary N) is 2. The summed E-state index contributed by atoms with van der Waals surface area (Å²) in [4.78, 5) is 29.2. The van der Waals surface area contributed by atoms with Crippen molar-refractivity contribution in [1.29, 1.82) is 0 Å². The largest absolute Gasteiger partial charge is 0.361 e. The highest BCUT2D eigenvalue weighted by Gasteiger charge is 2.29. The number of anilines is 2. The minimum Gasteiger partial charge on any atom is -0.361 e. The molecule has 1 aromatic carbocycles. The second-order valence-corrected chi connectivity index (χ2v) is 8.21. The first-order valence-electron chi connectivity index (χ1n) is 9.73. The molecule has 0 atom stereocenters. The highest BCUT2D eigenvalue weighted by atomic mass is 32.2. The number of aryl methyl sites for hydroxylation is 2. The highest BCUT2D eigenvalue weighted by Crippen LogP contribution is 2.31. The Morgan fingerprint density at radius 3 is 2.60 bits per heavy atom. The fraction of sp³-hybridized carbons (Fsp3) is 0.273. The standard InChI is InChI=1S/C22H22N4O3S/c1-13-19(14(2)29-26-13)12-30-22-18(7-4-10-23-22)21(28)25-17-6-3-5-16(11-17)24-20(27)15-8-9-15/h3-7,10-11,15H,8-9,12H2,1-2H3,(H,24,27)(H,25,28). The fourth-order valence-corrected chi connectivity index (χ4v) is 4.13. The van der Waals surface area contributed by atoms with Crippen LogP contribution in [-0.2, 0) is 10.5 Å². The number of amides is 2. The van der Waals surface area contributed by atoms with E-state index in [1.807, 2.05) is 19.9 Å². The Morgan fingerprint density at radius 2 is 1.90 bits per heavy atom. The topological polar surface area (TPSA) is 97.1 Å². The molecule has 1 aliphatic rings. The van der Waals surface area contributed by atoms with Crippen molar-refractivity contribution in [2.75, 3.05) is 10.6 Å². The quantitative estimate of drug-likeness (QED) is 0.541. The average Bonchev–Trinajstić information content (AvgIpc) is 3.54. The fourth-order valence-electron chi connectivity index (χ4n) is 2.99. The molecule has 0 spiro atoms. The predicted molar refractivity (Wildman–Crippen MR) is 116 cm³/mol. The van der Waals surface area contributed by atoms with E-state index in [9.17, 15) is 9.59 Å². The second-order valence-electron chi connectivity index (χ2n) is 7.25. The van der Waals surface area contributed by atoms with E-state index in [-0.39, 0.29) is 17.7 Å². The van der Waals surface area contributed by atoms with Gasteiger partial charge in [0, 0.05) is 34.8 Å². The van der Waals surface area contributed by atoms with Crippen LogP contribution in [0.4, 0.5) is 11.4 Å². The van der Waals surface area contributed by atoms with Crippen LogP contribution in [0.2, 0.25) is 0 Å². The molecule has 8 heteroatoms. The van der Waals surface area contributed by atoms with E-state index in [1.165, 1.54) is 11.8 Å². The molecule has 2 aromatic heterocycles. The molecule has 1 fully saturated rings. The normalized spacial score (nSPS) is 13.1. The van der Waals surface area contributed by atoms with Crippen LogP contribution in [0, 0.1) is 19.8 Å². The van der Waals surface area contributed by atoms with E-state index in [4.69, 9.17) is 4.52 Å². The zero-order valence-electron chi connectivity index (χ0n) is 16.8. The molecule has 1 aliphatic carbocycles. The molecule has 2 N–H and O–H groups in total. The van der Waals surface area contributed by atoms with Gasteiger partial charge in [0.2, 0.25) is 5.91 Å². The molecule has 3 aromatic rings. The number of hydrogen-bond acceptors (Lipinski definition) is 6. The van der Waals surface area contributed by atoms with E-state index in [1.54, 1.807) is 36.5 Å². The smallest absolute Gasteiger partial charge is 0.258 e. The van der Waals surface area contributed by atoms with Gasteiger partial charge in [-0.2, -0.15) is 0 Å². The molecule has 0 bridgehead atoms. The molecule has 2 amide bonds. The van der Waals surface area contributed by atoms with Gasteiger partial charge in [0.15, 0.2) is 0 Å². The van der Waals surface area contributed by atoms with Crippen molar-refractivity contribution >= 4 is 35.0 Å². The molecule has 0 saturated heterocycles. The number of hydrogen-bond donors (Lipinski definition) is 2. The van der Waals surface area contributed by atoms with E-state index < -0.39 is 0 Å². The van der Waals surface area contributed by atoms with E-state index >= 15 is 0 Å². The summed E-state index contributed by atoms with van der Waals surface area (Å²) in [5, 5.41) is 10.4. The van der Waals surface area contributed by atoms with Crippen molar-refractivity contribution in [3.8, 4) is 0 Å². The number of carbonyl (C=O) groups excluding carboxylic acids is 2. The zero-order chi connectivity index (χ0) is 21.1. The van der Waals surface area contributed by atoms with Crippen LogP contribution in [0.25, 0.3) is 0 Å². The van der Waals surface area contributed by atoms with Gasteiger partial charge in [-0.25, -0.2) is 4.98 Å². The van der Waals surface area contributed by atoms with E-state index in [0.29, 0.717) is 27.7 Å². The number of aromatic nitrogens is 2. The van der Waals surface area contributed by atoms with Gasteiger partial charge in [-0.3, -0.25) is 9.59 Å². The van der Waals surface area contributed by atoms with Gasteiger partial charge in [-0.1, -0.05) is 11.2 Å². The number of rotatable bonds is 7. The number of thioether (sulfide) groups is 1. The summed E-state index contributed by atoms with van der Waals surface area (Å²) in [5.74, 6) is 1.28. The summed E-state index contributed by atoms with van der Waals surface area (Å²) in [5.41, 5.74) is 3.62. The zero-order valence-corrected chi connectivity index (χ0v) is 17.6. The Hall–Kier alpha value is -3.13. The van der Waals surface area contributed by atoms with Crippen LogP contribution < -0.4 is 10.6 Å². The van der Waals surface area contributed by atoms with E-state index in [2.05, 4.69) is 20.8 Å². The summed E-state index contributed by atoms with van der Waals surface area (Å²) >= 11 is 1.46. The van der Waals surface area contributed by atoms with Gasteiger partial charge >= 0.3 is 0 Å². The van der Waals surface area contributed by atoms with Crippen LogP contribution in [0.1, 0.15) is 40.2 Å². The van der Waals surface area contributed by atoms with Gasteiger partial charge in [0.25, 0.3) is 5.91 Å². The number of benzene rings is 1. The minimum absolute atomic E-state index is 0.0312. The lowest BCUT2D eigenvalue weighted by Crippen LogP contribution is -2.15. The van der Waals surface area contributed by atoms with Crippen molar-refractivity contribution in [2.24, 2.45) is 5.92 Å². The molecule has 30 heavy (non-hydrogen) atoms. The first-order chi connectivity index (χ1) is 14.5. The summed E-state index contributed by atoms with van der Waals surface area (Å²) in [6.07, 6.45) is 3.55. The minimum atomic E-state index is -0.255. The number of nitrogens with zero attached hydrogens (tertiary/aromatic N) is 2. The van der Waals surface area contributed by atoms with Crippen LogP contribution >= 0.6 is 11.8 Å². The third-order valence-electron chi connectivity index (χ3n) is 4.89. The van der Waals surface area contributed by atoms with Gasteiger partial charge in [0.05, 0.1) is 11.3 Å². The Morgan fingerprint density at radius 1 is 1.13 bits per heavy atom. The number of carbonyl (C=O) groups is 2. The summed E-state index contributed by atoms with van der Waals surface area (Å²) in [6, 6.07) is 10.6. The molecule has 7 nitrogen and oxygen atoms in total. The monoisotopic (exact) mass is 422 g/mol. The summed E-state index contributed by atoms with van der Waals surface area (Å²) in [7, 11) is 0. The Balaban J connectivity index is 1.45. The molecule has 0 unspecified atom stereocenters. The molecule has 0 aliphatic heterocycles. The first kappa shape index (κ1) is 20.2. The SMILES string of the molecule is Cc1noc(C)c1CSc1ncccc1C(=O)Nc1cccc(NC(=O)C2CC2)c1. The van der Waals surface area contributed by atoms with Gasteiger partial charge < -0.3 is 15.2 Å². The van der Waals surface area contributed by atoms with Crippen LogP contribution in [0.3, 0.4) is 0 Å². The Kier molecular flexibility index (Phi) is 5.85. The van der Waals surface area contributed by atoms with Crippen molar-refractivity contribution in [2.45, 2.75) is 37.5 Å². The van der Waals surface area contributed by atoms with Crippen molar-refractivity contribution in [1.82, 2.24) is 10.1 Å². The molecular formula is C22H22N4O3S. The lowest BCUT2D eigenvalue weighted by atomic mass is 10.2. The number of pyridine rings is 1. The molecular weight excluding hydrogens is 400 g/mol.